The van der Waals surface area contributed by atoms with Gasteiger partial charge in [-0.05, 0) is 0 Å². The fraction of sp³-hybridized carbons (Fsp3) is 0.727. The van der Waals surface area contributed by atoms with E-state index in [4.69, 9.17) is 4.52 Å². The van der Waals surface area contributed by atoms with Crippen LogP contribution in [0.2, 0.25) is 0 Å². The maximum absolute atomic E-state index is 10.7. The van der Waals surface area contributed by atoms with Gasteiger partial charge in [0.1, 0.15) is 0 Å². The minimum atomic E-state index is -3.89. The summed E-state index contributed by atoms with van der Waals surface area (Å²) in [6.45, 7) is 15.5. The molecule has 0 radical (unpaired) electrons. The molecule has 0 heterocycles. The fourth-order valence-electron chi connectivity index (χ4n) is 3.09. The molecule has 3 nitrogen and oxygen atoms in total. The topological polar surface area (TPSA) is 49.7 Å². The van der Waals surface area contributed by atoms with E-state index in [9.17, 15) is 9.79 Å². The van der Waals surface area contributed by atoms with Gasteiger partial charge in [0.15, 0.2) is 0 Å². The van der Waals surface area contributed by atoms with Crippen LogP contribution in [-0.2, 0) is 15.4 Å². The second-order valence-corrected chi connectivity index (χ2v) is 11.5. The van der Waals surface area contributed by atoms with Crippen molar-refractivity contribution < 1.29 is 14.3 Å². The van der Waals surface area contributed by atoms with Crippen LogP contribution in [-0.4, -0.2) is 16.4 Å². The first kappa shape index (κ1) is 23.6. The molecule has 1 aromatic rings. The van der Waals surface area contributed by atoms with E-state index >= 15 is 0 Å². The van der Waals surface area contributed by atoms with E-state index in [1.807, 2.05) is 12.1 Å². The van der Waals surface area contributed by atoms with Gasteiger partial charge in [0, 0.05) is 0 Å². The van der Waals surface area contributed by atoms with Gasteiger partial charge in [-0.1, -0.05) is 0 Å². The molecule has 0 spiro atoms. The van der Waals surface area contributed by atoms with Crippen LogP contribution in [0.4, 0.5) is 0 Å². The predicted molar refractivity (Wildman–Crippen MR) is 116 cm³/mol. The summed E-state index contributed by atoms with van der Waals surface area (Å²) in [5.74, 6) is 0. The molecule has 0 aliphatic heterocycles. The zero-order chi connectivity index (χ0) is 20.0. The third-order valence-corrected chi connectivity index (χ3v) is 6.59. The second kappa shape index (κ2) is 9.64. The van der Waals surface area contributed by atoms with Crippen LogP contribution >= 0.6 is 7.94 Å². The Hall–Kier alpha value is -0.470. The molecule has 1 rings (SSSR count). The normalized spacial score (nSPS) is 13.9. The Bertz CT molecular complexity index is 553. The first-order valence-electron chi connectivity index (χ1n) is 10.1. The minimum absolute atomic E-state index is 0.0208. The van der Waals surface area contributed by atoms with E-state index in [0.29, 0.717) is 11.9 Å². The van der Waals surface area contributed by atoms with Gasteiger partial charge in [-0.2, -0.15) is 0 Å². The van der Waals surface area contributed by atoms with Crippen molar-refractivity contribution in [3.05, 3.63) is 29.3 Å². The molecular weight excluding hydrogens is 343 g/mol. The summed E-state index contributed by atoms with van der Waals surface area (Å²) in [7, 11) is -3.89. The maximum atomic E-state index is 10.7. The molecule has 152 valence electrons. The first-order valence-corrected chi connectivity index (χ1v) is 11.9. The van der Waals surface area contributed by atoms with Gasteiger partial charge in [0.05, 0.1) is 0 Å². The molecule has 0 amide bonds. The molecule has 0 fully saturated rings. The third kappa shape index (κ3) is 7.27. The molecule has 0 bridgehead atoms. The van der Waals surface area contributed by atoms with Crippen molar-refractivity contribution in [3.8, 4) is 0 Å². The predicted octanol–water partition coefficient (Wildman–Crippen LogP) is 5.76. The molecule has 4 heteroatoms. The molecule has 0 saturated carbocycles. The Morgan fingerprint density at radius 3 is 1.96 bits per heavy atom. The van der Waals surface area contributed by atoms with Crippen molar-refractivity contribution in [2.24, 2.45) is 0 Å². The van der Waals surface area contributed by atoms with Crippen molar-refractivity contribution in [2.45, 2.75) is 97.8 Å². The molecular formula is C22H41O3P. The van der Waals surface area contributed by atoms with Crippen LogP contribution in [0.3, 0.4) is 0 Å². The van der Waals surface area contributed by atoms with Crippen LogP contribution in [0, 0.1) is 0 Å². The van der Waals surface area contributed by atoms with Crippen molar-refractivity contribution in [1.82, 2.24) is 0 Å². The summed E-state index contributed by atoms with van der Waals surface area (Å²) >= 11 is 0. The summed E-state index contributed by atoms with van der Waals surface area (Å²) in [5.41, 5.74) is 2.02. The van der Waals surface area contributed by atoms with Gasteiger partial charge in [0.25, 0.3) is 0 Å². The molecule has 0 aliphatic rings. The third-order valence-electron chi connectivity index (χ3n) is 4.85. The number of benzene rings is 1. The van der Waals surface area contributed by atoms with Crippen molar-refractivity contribution in [2.75, 3.05) is 6.61 Å². The number of rotatable bonds is 9. The molecule has 0 aromatic heterocycles. The van der Waals surface area contributed by atoms with E-state index in [0.717, 1.165) is 18.4 Å². The Morgan fingerprint density at radius 2 is 1.42 bits per heavy atom. The number of hydrogen-bond acceptors (Lipinski definition) is 3. The standard InChI is InChI=1S/C22H41O3P/c1-8-9-10-11-12-13-16-25-26(23,24)20-15-14-18(21(2,3)4)17-19(20)22(5,6)7/h14-15,17,23-24,26H,8-13,16H2,1-7H3. The Kier molecular flexibility index (Phi) is 8.74. The Labute approximate surface area is 161 Å². The summed E-state index contributed by atoms with van der Waals surface area (Å²) in [6, 6.07) is 6.00. The first-order chi connectivity index (χ1) is 11.9. The van der Waals surface area contributed by atoms with Crippen LogP contribution in [0.25, 0.3) is 0 Å². The SMILES string of the molecule is CCCCCCCCO[PH](O)(O)c1ccc(C(C)(C)C)cc1C(C)(C)C. The van der Waals surface area contributed by atoms with Crippen LogP contribution < -0.4 is 5.30 Å². The van der Waals surface area contributed by atoms with E-state index in [2.05, 4.69) is 54.5 Å². The van der Waals surface area contributed by atoms with Crippen molar-refractivity contribution in [3.63, 3.8) is 0 Å². The molecule has 26 heavy (non-hydrogen) atoms. The molecule has 1 aromatic carbocycles. The fourth-order valence-corrected chi connectivity index (χ4v) is 4.77. The van der Waals surface area contributed by atoms with E-state index < -0.39 is 7.94 Å². The molecule has 0 unspecified atom stereocenters. The van der Waals surface area contributed by atoms with Crippen molar-refractivity contribution >= 4 is 13.2 Å². The second-order valence-electron chi connectivity index (χ2n) is 9.48. The van der Waals surface area contributed by atoms with Crippen LogP contribution in [0.5, 0.6) is 0 Å². The average molecular weight is 385 g/mol. The zero-order valence-corrected chi connectivity index (χ0v) is 19.0. The van der Waals surface area contributed by atoms with E-state index in [1.54, 1.807) is 0 Å². The molecule has 0 aliphatic carbocycles. The van der Waals surface area contributed by atoms with E-state index in [-0.39, 0.29) is 10.8 Å². The van der Waals surface area contributed by atoms with Gasteiger partial charge in [-0.15, -0.1) is 0 Å². The molecule has 0 saturated heterocycles. The molecule has 2 N–H and O–H groups in total. The van der Waals surface area contributed by atoms with Crippen LogP contribution in [0.1, 0.15) is 98.1 Å². The average Bonchev–Trinajstić information content (AvgIpc) is 2.51. The van der Waals surface area contributed by atoms with Crippen molar-refractivity contribution in [1.29, 1.82) is 0 Å². The summed E-state index contributed by atoms with van der Waals surface area (Å²) in [5, 5.41) is 0.587. The monoisotopic (exact) mass is 384 g/mol. The summed E-state index contributed by atoms with van der Waals surface area (Å²) in [4.78, 5) is 21.5. The molecule has 0 atom stereocenters. The van der Waals surface area contributed by atoms with Gasteiger partial charge in [0.2, 0.25) is 0 Å². The van der Waals surface area contributed by atoms with Gasteiger partial charge in [-0.3, -0.25) is 0 Å². The Balaban J connectivity index is 2.87. The Morgan fingerprint density at radius 1 is 0.846 bits per heavy atom. The summed E-state index contributed by atoms with van der Waals surface area (Å²) in [6.07, 6.45) is 6.91. The number of unbranched alkanes of at least 4 members (excludes halogenated alkanes) is 5. The zero-order valence-electron chi connectivity index (χ0n) is 18.0. The van der Waals surface area contributed by atoms with Gasteiger partial charge in [-0.25, -0.2) is 0 Å². The number of hydrogen-bond donors (Lipinski definition) is 2. The van der Waals surface area contributed by atoms with E-state index in [1.165, 1.54) is 31.2 Å². The van der Waals surface area contributed by atoms with Crippen LogP contribution in [0.15, 0.2) is 18.2 Å². The van der Waals surface area contributed by atoms with Gasteiger partial charge < -0.3 is 0 Å². The summed E-state index contributed by atoms with van der Waals surface area (Å²) < 4.78 is 5.63. The quantitative estimate of drug-likeness (QED) is 0.420. The van der Waals surface area contributed by atoms with Gasteiger partial charge >= 0.3 is 161 Å².